The summed E-state index contributed by atoms with van der Waals surface area (Å²) >= 11 is 5.88. The van der Waals surface area contributed by atoms with Crippen molar-refractivity contribution >= 4 is 23.2 Å². The molecule has 0 aliphatic heterocycles. The van der Waals surface area contributed by atoms with Crippen LogP contribution in [0.3, 0.4) is 0 Å². The molecule has 3 aromatic rings. The van der Waals surface area contributed by atoms with Crippen LogP contribution in [0.15, 0.2) is 48.5 Å². The van der Waals surface area contributed by atoms with Gasteiger partial charge in [-0.05, 0) is 57.2 Å². The summed E-state index contributed by atoms with van der Waals surface area (Å²) in [4.78, 5) is 16.8. The van der Waals surface area contributed by atoms with Gasteiger partial charge >= 0.3 is 6.01 Å². The van der Waals surface area contributed by atoms with Crippen LogP contribution in [-0.4, -0.2) is 46.4 Å². The van der Waals surface area contributed by atoms with E-state index in [1.165, 1.54) is 12.1 Å². The molecule has 0 spiro atoms. The fourth-order valence-corrected chi connectivity index (χ4v) is 2.85. The van der Waals surface area contributed by atoms with Crippen LogP contribution >= 0.6 is 11.6 Å². The van der Waals surface area contributed by atoms with E-state index in [0.29, 0.717) is 42.6 Å². The van der Waals surface area contributed by atoms with E-state index in [1.54, 1.807) is 54.9 Å². The highest BCUT2D eigenvalue weighted by Crippen LogP contribution is 2.26. The summed E-state index contributed by atoms with van der Waals surface area (Å²) in [7, 11) is 0. The van der Waals surface area contributed by atoms with Crippen molar-refractivity contribution in [2.75, 3.05) is 31.0 Å². The van der Waals surface area contributed by atoms with Crippen LogP contribution in [-0.2, 0) is 9.53 Å². The number of anilines is 1. The summed E-state index contributed by atoms with van der Waals surface area (Å²) in [5.41, 5.74) is 1.16. The Labute approximate surface area is 191 Å². The van der Waals surface area contributed by atoms with Gasteiger partial charge in [-0.3, -0.25) is 4.79 Å². The molecule has 1 N–H and O–H groups in total. The lowest BCUT2D eigenvalue weighted by Crippen LogP contribution is -2.32. The number of hydrogen-bond acceptors (Lipinski definition) is 5. The minimum atomic E-state index is -0.690. The van der Waals surface area contributed by atoms with E-state index in [2.05, 4.69) is 15.4 Å². The minimum Gasteiger partial charge on any atom is -0.460 e. The van der Waals surface area contributed by atoms with Gasteiger partial charge in [0.15, 0.2) is 5.82 Å². The first-order chi connectivity index (χ1) is 15.3. The summed E-state index contributed by atoms with van der Waals surface area (Å²) in [5.74, 6) is 0.0807. The van der Waals surface area contributed by atoms with Gasteiger partial charge in [0.2, 0.25) is 5.91 Å². The van der Waals surface area contributed by atoms with Crippen molar-refractivity contribution in [1.29, 1.82) is 0 Å². The average Bonchev–Trinajstić information content (AvgIpc) is 3.21. The van der Waals surface area contributed by atoms with Gasteiger partial charge < -0.3 is 14.8 Å². The number of nitrogens with one attached hydrogen (secondary N) is 1. The molecule has 9 heteroatoms. The molecule has 0 unspecified atom stereocenters. The van der Waals surface area contributed by atoms with Gasteiger partial charge in [-0.25, -0.2) is 9.07 Å². The highest BCUT2D eigenvalue weighted by Gasteiger charge is 2.26. The molecular formula is C23H26ClFN4O3. The second-order valence-corrected chi connectivity index (χ2v) is 7.97. The first-order valence-electron chi connectivity index (χ1n) is 10.3. The summed E-state index contributed by atoms with van der Waals surface area (Å²) in [5, 5.41) is 7.28. The highest BCUT2D eigenvalue weighted by atomic mass is 35.5. The molecule has 0 aliphatic carbocycles. The van der Waals surface area contributed by atoms with Crippen molar-refractivity contribution in [2.45, 2.75) is 20.8 Å². The molecule has 1 aromatic heterocycles. The Bertz CT molecular complexity index is 1050. The van der Waals surface area contributed by atoms with Crippen molar-refractivity contribution in [1.82, 2.24) is 14.8 Å². The van der Waals surface area contributed by atoms with Gasteiger partial charge in [-0.1, -0.05) is 12.1 Å². The van der Waals surface area contributed by atoms with E-state index in [9.17, 15) is 9.18 Å². The predicted molar refractivity (Wildman–Crippen MR) is 122 cm³/mol. The highest BCUT2D eigenvalue weighted by molar-refractivity contribution is 6.20. The van der Waals surface area contributed by atoms with Crippen molar-refractivity contribution in [3.8, 4) is 23.1 Å². The Balaban J connectivity index is 1.88. The number of carbonyl (C=O) groups is 1. The first-order valence-corrected chi connectivity index (χ1v) is 10.8. The molecule has 0 radical (unpaired) electrons. The van der Waals surface area contributed by atoms with E-state index in [0.717, 1.165) is 0 Å². The summed E-state index contributed by atoms with van der Waals surface area (Å²) in [6.45, 7) is 6.74. The number of alkyl halides is 1. The van der Waals surface area contributed by atoms with Crippen molar-refractivity contribution in [3.05, 3.63) is 54.3 Å². The van der Waals surface area contributed by atoms with Gasteiger partial charge in [-0.2, -0.15) is 4.98 Å². The summed E-state index contributed by atoms with van der Waals surface area (Å²) in [6, 6.07) is 13.3. The van der Waals surface area contributed by atoms with Gasteiger partial charge in [0.05, 0.1) is 17.7 Å². The third-order valence-electron chi connectivity index (χ3n) is 4.65. The lowest BCUT2D eigenvalue weighted by atomic mass is 9.95. The molecular weight excluding hydrogens is 435 g/mol. The first kappa shape index (κ1) is 23.7. The summed E-state index contributed by atoms with van der Waals surface area (Å²) < 4.78 is 26.3. The maximum absolute atomic E-state index is 13.8. The second-order valence-electron chi connectivity index (χ2n) is 7.70. The molecule has 2 aromatic carbocycles. The van der Waals surface area contributed by atoms with Gasteiger partial charge in [0.25, 0.3) is 0 Å². The second kappa shape index (κ2) is 10.6. The zero-order chi connectivity index (χ0) is 23.1. The Kier molecular flexibility index (Phi) is 7.82. The molecule has 7 nitrogen and oxygen atoms in total. The van der Waals surface area contributed by atoms with E-state index in [1.807, 2.05) is 6.92 Å². The number of amides is 1. The van der Waals surface area contributed by atoms with Crippen molar-refractivity contribution < 1.29 is 18.7 Å². The summed E-state index contributed by atoms with van der Waals surface area (Å²) in [6.07, 6.45) is 0. The monoisotopic (exact) mass is 460 g/mol. The molecule has 32 heavy (non-hydrogen) atoms. The van der Waals surface area contributed by atoms with Crippen LogP contribution in [0.4, 0.5) is 10.1 Å². The SMILES string of the molecule is CCOCCOc1nc(-c2cccc(F)c2)n(-c2ccc(NC(=O)C(C)(C)CCl)cc2)n1. The molecule has 0 fully saturated rings. The zero-order valence-corrected chi connectivity index (χ0v) is 19.0. The quantitative estimate of drug-likeness (QED) is 0.350. The van der Waals surface area contributed by atoms with Crippen molar-refractivity contribution in [3.63, 3.8) is 0 Å². The van der Waals surface area contributed by atoms with Crippen LogP contribution in [0.25, 0.3) is 17.1 Å². The number of halogens is 2. The third-order valence-corrected chi connectivity index (χ3v) is 5.32. The smallest absolute Gasteiger partial charge is 0.336 e. The number of ether oxygens (including phenoxy) is 2. The number of hydrogen-bond donors (Lipinski definition) is 1. The van der Waals surface area contributed by atoms with E-state index in [-0.39, 0.29) is 23.6 Å². The topological polar surface area (TPSA) is 78.3 Å². The largest absolute Gasteiger partial charge is 0.460 e. The number of nitrogens with zero attached hydrogens (tertiary/aromatic N) is 3. The Morgan fingerprint density at radius 1 is 1.19 bits per heavy atom. The van der Waals surface area contributed by atoms with E-state index in [4.69, 9.17) is 21.1 Å². The molecule has 1 heterocycles. The molecule has 3 rings (SSSR count). The predicted octanol–water partition coefficient (Wildman–Crippen LogP) is 4.69. The number of rotatable bonds is 10. The van der Waals surface area contributed by atoms with Crippen molar-refractivity contribution in [2.24, 2.45) is 5.41 Å². The lowest BCUT2D eigenvalue weighted by molar-refractivity contribution is -0.122. The maximum atomic E-state index is 13.8. The Hall–Kier alpha value is -2.97. The number of carbonyl (C=O) groups excluding carboxylic acids is 1. The molecule has 0 saturated carbocycles. The van der Waals surface area contributed by atoms with Crippen LogP contribution < -0.4 is 10.1 Å². The van der Waals surface area contributed by atoms with E-state index >= 15 is 0 Å². The molecule has 170 valence electrons. The molecule has 0 atom stereocenters. The van der Waals surface area contributed by atoms with Gasteiger partial charge in [-0.15, -0.1) is 16.7 Å². The van der Waals surface area contributed by atoms with E-state index < -0.39 is 5.41 Å². The van der Waals surface area contributed by atoms with Crippen LogP contribution in [0.5, 0.6) is 6.01 Å². The minimum absolute atomic E-state index is 0.158. The molecule has 1 amide bonds. The fourth-order valence-electron chi connectivity index (χ4n) is 2.73. The number of aromatic nitrogens is 3. The maximum Gasteiger partial charge on any atom is 0.336 e. The van der Waals surface area contributed by atoms with Crippen LogP contribution in [0.2, 0.25) is 0 Å². The standard InChI is InChI=1S/C23H26ClFN4O3/c1-4-31-12-13-32-22-27-20(16-6-5-7-17(25)14-16)29(28-22)19-10-8-18(9-11-19)26-21(30)23(2,3)15-24/h5-11,14H,4,12-13,15H2,1-3H3,(H,26,30). The van der Waals surface area contributed by atoms with Crippen LogP contribution in [0, 0.1) is 11.2 Å². The Morgan fingerprint density at radius 2 is 1.94 bits per heavy atom. The van der Waals surface area contributed by atoms with Gasteiger partial charge in [0.1, 0.15) is 12.4 Å². The lowest BCUT2D eigenvalue weighted by Gasteiger charge is -2.20. The number of benzene rings is 2. The molecule has 0 aliphatic rings. The van der Waals surface area contributed by atoms with Gasteiger partial charge in [0, 0.05) is 23.7 Å². The van der Waals surface area contributed by atoms with Crippen LogP contribution in [0.1, 0.15) is 20.8 Å². The molecule has 0 bridgehead atoms. The average molecular weight is 461 g/mol. The molecule has 0 saturated heterocycles. The zero-order valence-electron chi connectivity index (χ0n) is 18.3. The normalized spacial score (nSPS) is 11.4. The Morgan fingerprint density at radius 3 is 2.59 bits per heavy atom. The third kappa shape index (κ3) is 5.83. The fraction of sp³-hybridized carbons (Fsp3) is 0.348.